The molecule has 1 aliphatic heterocycles. The summed E-state index contributed by atoms with van der Waals surface area (Å²) < 4.78 is 43.3. The van der Waals surface area contributed by atoms with Crippen molar-refractivity contribution < 1.29 is 42.9 Å². The number of nitrogen functional groups attached to an aromatic ring is 1. The van der Waals surface area contributed by atoms with E-state index in [-0.39, 0.29) is 25.6 Å². The summed E-state index contributed by atoms with van der Waals surface area (Å²) in [4.78, 5) is 18.9. The van der Waals surface area contributed by atoms with Gasteiger partial charge in [-0.1, -0.05) is 103 Å². The molecular formula is C40H61N6O9P. The van der Waals surface area contributed by atoms with Gasteiger partial charge in [0, 0.05) is 12.8 Å². The second-order valence-corrected chi connectivity index (χ2v) is 16.7. The molecule has 2 unspecified atom stereocenters. The van der Waals surface area contributed by atoms with Crippen LogP contribution < -0.4 is 5.73 Å². The van der Waals surface area contributed by atoms with Gasteiger partial charge in [0.15, 0.2) is 11.4 Å². The van der Waals surface area contributed by atoms with E-state index >= 15 is 0 Å². The minimum atomic E-state index is -4.80. The number of anilines is 1. The van der Waals surface area contributed by atoms with Gasteiger partial charge in [-0.15, -0.1) is 0 Å². The predicted octanol–water partition coefficient (Wildman–Crippen LogP) is 6.88. The fraction of sp³-hybridized carbons (Fsp3) is 0.700. The molecule has 7 atom stereocenters. The summed E-state index contributed by atoms with van der Waals surface area (Å²) in [6.45, 7) is 4.02. The van der Waals surface area contributed by atoms with Crippen molar-refractivity contribution in [3.05, 3.63) is 53.7 Å². The minimum Gasteiger partial charge on any atom is -0.387 e. The van der Waals surface area contributed by atoms with Crippen LogP contribution in [-0.4, -0.2) is 84.0 Å². The Hall–Kier alpha value is -3.03. The van der Waals surface area contributed by atoms with Crippen LogP contribution in [0.25, 0.3) is 5.52 Å². The largest absolute Gasteiger partial charge is 0.472 e. The van der Waals surface area contributed by atoms with E-state index in [1.165, 1.54) is 107 Å². The molecule has 3 aromatic rings. The summed E-state index contributed by atoms with van der Waals surface area (Å²) in [5, 5.41) is 35.9. The highest BCUT2D eigenvalue weighted by molar-refractivity contribution is 7.47. The predicted molar refractivity (Wildman–Crippen MR) is 209 cm³/mol. The number of phosphoric ester groups is 1. The van der Waals surface area contributed by atoms with Crippen LogP contribution in [0.5, 0.6) is 0 Å². The molecule has 3 aromatic heterocycles. The van der Waals surface area contributed by atoms with Crippen LogP contribution in [-0.2, 0) is 34.4 Å². The Labute approximate surface area is 330 Å². The highest BCUT2D eigenvalue weighted by Crippen LogP contribution is 2.68. The quantitative estimate of drug-likeness (QED) is 0.0435. The normalized spacial score (nSPS) is 24.5. The Kier molecular flexibility index (Phi) is 16.6. The number of unbranched alkanes of at least 4 members (excludes halogenated alkanes) is 15. The molecule has 2 fully saturated rings. The Morgan fingerprint density at radius 2 is 1.61 bits per heavy atom. The third-order valence-electron chi connectivity index (χ3n) is 11.1. The molecule has 0 amide bonds. The number of rotatable bonds is 28. The molecule has 1 saturated heterocycles. The van der Waals surface area contributed by atoms with Crippen LogP contribution in [0, 0.1) is 11.3 Å². The van der Waals surface area contributed by atoms with Crippen molar-refractivity contribution >= 4 is 19.2 Å². The third kappa shape index (κ3) is 11.3. The summed E-state index contributed by atoms with van der Waals surface area (Å²) in [6.07, 6.45) is 18.5. The number of aromatic nitrogens is 4. The van der Waals surface area contributed by atoms with E-state index in [0.717, 1.165) is 19.3 Å². The summed E-state index contributed by atoms with van der Waals surface area (Å²) in [6, 6.07) is 8.63. The average molecular weight is 801 g/mol. The molecule has 310 valence electrons. The van der Waals surface area contributed by atoms with Crippen LogP contribution >= 0.6 is 7.82 Å². The molecule has 2 aliphatic rings. The van der Waals surface area contributed by atoms with Crippen LogP contribution in [0.3, 0.4) is 0 Å². The number of nitriles is 1. The molecule has 0 bridgehead atoms. The lowest BCUT2D eigenvalue weighted by Crippen LogP contribution is -2.35. The van der Waals surface area contributed by atoms with E-state index in [2.05, 4.69) is 22.0 Å². The van der Waals surface area contributed by atoms with Gasteiger partial charge in [0.2, 0.25) is 0 Å². The Balaban J connectivity index is 1.02. The van der Waals surface area contributed by atoms with Gasteiger partial charge in [-0.05, 0) is 37.6 Å². The lowest BCUT2D eigenvalue weighted by Gasteiger charge is -2.24. The number of ether oxygens (including phenoxy) is 3. The van der Waals surface area contributed by atoms with Crippen molar-refractivity contribution in [3.63, 3.8) is 0 Å². The van der Waals surface area contributed by atoms with Gasteiger partial charge in [0.25, 0.3) is 0 Å². The van der Waals surface area contributed by atoms with Gasteiger partial charge in [0.1, 0.15) is 47.9 Å². The zero-order valence-corrected chi connectivity index (χ0v) is 33.9. The monoisotopic (exact) mass is 800 g/mol. The number of aliphatic hydroxyl groups is 2. The number of nitrogens with zero attached hydrogens (tertiary/aromatic N) is 5. The van der Waals surface area contributed by atoms with Crippen LogP contribution in [0.1, 0.15) is 140 Å². The van der Waals surface area contributed by atoms with Crippen LogP contribution in [0.4, 0.5) is 5.82 Å². The molecule has 4 heterocycles. The van der Waals surface area contributed by atoms with E-state index in [1.807, 2.05) is 6.07 Å². The zero-order chi connectivity index (χ0) is 40.0. The molecule has 0 aromatic carbocycles. The van der Waals surface area contributed by atoms with E-state index < -0.39 is 43.4 Å². The van der Waals surface area contributed by atoms with Crippen LogP contribution in [0.2, 0.25) is 0 Å². The number of hydrogen-bond donors (Lipinski definition) is 4. The molecule has 56 heavy (non-hydrogen) atoms. The fourth-order valence-electron chi connectivity index (χ4n) is 7.55. The molecule has 5 N–H and O–H groups in total. The van der Waals surface area contributed by atoms with Gasteiger partial charge in [-0.3, -0.25) is 14.0 Å². The van der Waals surface area contributed by atoms with Gasteiger partial charge in [0.05, 0.1) is 36.8 Å². The molecule has 5 rings (SSSR count). The second kappa shape index (κ2) is 21.1. The number of aliphatic hydroxyl groups excluding tert-OH is 1. The number of pyridine rings is 1. The summed E-state index contributed by atoms with van der Waals surface area (Å²) in [7, 11) is -4.80. The smallest absolute Gasteiger partial charge is 0.387 e. The third-order valence-corrected chi connectivity index (χ3v) is 12.0. The van der Waals surface area contributed by atoms with Gasteiger partial charge >= 0.3 is 7.82 Å². The van der Waals surface area contributed by atoms with E-state index in [1.54, 1.807) is 24.3 Å². The maximum atomic E-state index is 13.2. The number of hydrogen-bond acceptors (Lipinski definition) is 13. The Morgan fingerprint density at radius 3 is 2.18 bits per heavy atom. The van der Waals surface area contributed by atoms with Gasteiger partial charge in [-0.25, -0.2) is 14.1 Å². The first-order chi connectivity index (χ1) is 27.0. The number of phosphoric acid groups is 1. The van der Waals surface area contributed by atoms with Crippen molar-refractivity contribution in [2.45, 2.75) is 159 Å². The Bertz CT molecular complexity index is 1740. The van der Waals surface area contributed by atoms with E-state index in [4.69, 9.17) is 34.3 Å². The number of nitrogens with two attached hydrogens (primary N) is 1. The fourth-order valence-corrected chi connectivity index (χ4v) is 8.59. The zero-order valence-electron chi connectivity index (χ0n) is 33.0. The van der Waals surface area contributed by atoms with Crippen molar-refractivity contribution in [1.82, 2.24) is 19.6 Å². The van der Waals surface area contributed by atoms with Crippen molar-refractivity contribution in [2.24, 2.45) is 0 Å². The van der Waals surface area contributed by atoms with Crippen LogP contribution in [0.15, 0.2) is 36.8 Å². The first-order valence-electron chi connectivity index (χ1n) is 20.4. The van der Waals surface area contributed by atoms with Gasteiger partial charge in [-0.2, -0.15) is 10.4 Å². The lowest BCUT2D eigenvalue weighted by molar-refractivity contribution is -0.0837. The molecule has 1 saturated carbocycles. The lowest BCUT2D eigenvalue weighted by atomic mass is 10.0. The van der Waals surface area contributed by atoms with Crippen molar-refractivity contribution in [1.29, 1.82) is 5.26 Å². The highest BCUT2D eigenvalue weighted by atomic mass is 31.2. The molecule has 16 heteroatoms. The maximum absolute atomic E-state index is 13.2. The summed E-state index contributed by atoms with van der Waals surface area (Å²) >= 11 is 0. The molecular weight excluding hydrogens is 739 g/mol. The molecule has 15 nitrogen and oxygen atoms in total. The standard InChI is InChI=1S/C40H61N6O9P/c1-3-4-5-6-7-8-9-10-11-12-13-14-15-16-17-18-23-51-27-32(52-26-31-20-19-30(24-41)25-43-31)28-53-56(49,50)55-38-39(2)40(38,48)36(47)35(54-39)33-21-22-34-37(42)44-29-45-46(33)34/h19-22,25,29,32,35-36,38,47-48H,3-18,23,26-28H2,1-2H3,(H,49,50)(H2,42,44,45)/t32-,35-,36-,38?,39+,40+/m0/s1. The minimum absolute atomic E-state index is 0.0472. The topological polar surface area (TPSA) is 217 Å². The van der Waals surface area contributed by atoms with Gasteiger partial charge < -0.3 is 35.1 Å². The number of fused-ring (bicyclic) bond motifs is 2. The van der Waals surface area contributed by atoms with E-state index in [9.17, 15) is 19.7 Å². The molecule has 0 radical (unpaired) electrons. The summed E-state index contributed by atoms with van der Waals surface area (Å²) in [5.41, 5.74) is 4.30. The average Bonchev–Trinajstić information content (AvgIpc) is 3.44. The SMILES string of the molecule is CCCCCCCCCCCCCCCCCCOC[C@@H](COP(=O)(O)OC1[C@@]2(C)O[C@@H](c3ccc4c(N)ncnn34)[C@H](O)[C@@]12O)OCc1ccc(C#N)cn1. The molecule has 0 spiro atoms. The van der Waals surface area contributed by atoms with Crippen molar-refractivity contribution in [2.75, 3.05) is 25.6 Å². The van der Waals surface area contributed by atoms with E-state index in [0.29, 0.717) is 29.1 Å². The first kappa shape index (κ1) is 44.1. The highest BCUT2D eigenvalue weighted by Gasteiger charge is 2.87. The Morgan fingerprint density at radius 1 is 0.964 bits per heavy atom. The van der Waals surface area contributed by atoms with Crippen molar-refractivity contribution in [3.8, 4) is 6.07 Å². The summed E-state index contributed by atoms with van der Waals surface area (Å²) in [5.74, 6) is 0.231. The molecule has 1 aliphatic carbocycles. The first-order valence-corrected chi connectivity index (χ1v) is 21.9. The maximum Gasteiger partial charge on any atom is 0.472 e. The second-order valence-electron chi connectivity index (χ2n) is 15.3.